The molecule has 3 rings (SSSR count). The minimum absolute atomic E-state index is 0.113. The highest BCUT2D eigenvalue weighted by atomic mass is 35.5. The first-order valence-corrected chi connectivity index (χ1v) is 9.88. The number of aromatic nitrogens is 1. The molecule has 0 fully saturated rings. The van der Waals surface area contributed by atoms with Gasteiger partial charge in [-0.1, -0.05) is 23.7 Å². The first-order chi connectivity index (χ1) is 15.7. The summed E-state index contributed by atoms with van der Waals surface area (Å²) in [6.45, 7) is 1.71. The summed E-state index contributed by atoms with van der Waals surface area (Å²) >= 11 is 6.00. The summed E-state index contributed by atoms with van der Waals surface area (Å²) < 4.78 is 86.0. The Bertz CT molecular complexity index is 1250. The zero-order valence-electron chi connectivity index (χ0n) is 17.1. The van der Waals surface area contributed by atoms with Crippen LogP contribution in [-0.4, -0.2) is 27.9 Å². The maximum atomic E-state index is 13.7. The van der Waals surface area contributed by atoms with Gasteiger partial charge in [0, 0.05) is 11.9 Å². The molecule has 0 saturated heterocycles. The van der Waals surface area contributed by atoms with Gasteiger partial charge in [-0.05, 0) is 42.8 Å². The number of fused-ring (bicyclic) bond motifs is 1. The summed E-state index contributed by atoms with van der Waals surface area (Å²) in [6, 6.07) is 3.54. The lowest BCUT2D eigenvalue weighted by molar-refractivity contribution is -0.156. The van der Waals surface area contributed by atoms with Crippen LogP contribution in [0.25, 0.3) is 10.9 Å². The van der Waals surface area contributed by atoms with Crippen LogP contribution in [0.2, 0.25) is 5.02 Å². The fourth-order valence-corrected chi connectivity index (χ4v) is 3.61. The Kier molecular flexibility index (Phi) is 6.74. The van der Waals surface area contributed by atoms with Gasteiger partial charge in [0.2, 0.25) is 0 Å². The van der Waals surface area contributed by atoms with Crippen LogP contribution in [0.3, 0.4) is 0 Å². The zero-order valence-corrected chi connectivity index (χ0v) is 17.8. The van der Waals surface area contributed by atoms with Gasteiger partial charge in [-0.2, -0.15) is 26.3 Å². The van der Waals surface area contributed by atoms with Crippen molar-refractivity contribution in [3.63, 3.8) is 0 Å². The number of amides is 1. The van der Waals surface area contributed by atoms with Crippen LogP contribution >= 0.6 is 11.6 Å². The molecule has 1 unspecified atom stereocenters. The SMILES string of the molecule is CCn1c(C(=O)NC(c2cccc(C(F)(F)F)c2)C(F)(F)F)cc2cc(OC(=O)O)c(Cl)cc21. The largest absolute Gasteiger partial charge is 0.511 e. The molecule has 6 nitrogen and oxygen atoms in total. The number of alkyl halides is 6. The molecular weight excluding hydrogens is 494 g/mol. The highest BCUT2D eigenvalue weighted by molar-refractivity contribution is 6.33. The Morgan fingerprint density at radius 2 is 1.79 bits per heavy atom. The topological polar surface area (TPSA) is 80.6 Å². The number of hydrogen-bond donors (Lipinski definition) is 2. The maximum absolute atomic E-state index is 13.7. The second kappa shape index (κ2) is 9.09. The van der Waals surface area contributed by atoms with Crippen molar-refractivity contribution in [2.75, 3.05) is 0 Å². The van der Waals surface area contributed by atoms with Gasteiger partial charge in [0.25, 0.3) is 5.91 Å². The van der Waals surface area contributed by atoms with Gasteiger partial charge in [-0.3, -0.25) is 4.79 Å². The molecule has 1 heterocycles. The third-order valence-corrected chi connectivity index (χ3v) is 5.15. The Hall–Kier alpha value is -3.41. The average Bonchev–Trinajstić information content (AvgIpc) is 3.07. The lowest BCUT2D eigenvalue weighted by Gasteiger charge is -2.23. The molecule has 1 aromatic heterocycles. The Morgan fingerprint density at radius 3 is 2.35 bits per heavy atom. The van der Waals surface area contributed by atoms with Crippen molar-refractivity contribution in [3.8, 4) is 5.75 Å². The molecule has 0 spiro atoms. The molecule has 182 valence electrons. The highest BCUT2D eigenvalue weighted by Gasteiger charge is 2.43. The predicted octanol–water partition coefficient (Wildman–Crippen LogP) is 6.42. The van der Waals surface area contributed by atoms with Gasteiger partial charge < -0.3 is 19.7 Å². The molecule has 2 aromatic carbocycles. The molecule has 1 amide bonds. The zero-order chi connectivity index (χ0) is 25.4. The Labute approximate surface area is 192 Å². The number of carbonyl (C=O) groups excluding carboxylic acids is 1. The number of carboxylic acid groups (broad SMARTS) is 1. The number of benzene rings is 2. The van der Waals surface area contributed by atoms with Crippen LogP contribution in [0, 0.1) is 0 Å². The van der Waals surface area contributed by atoms with Crippen LogP contribution in [0.15, 0.2) is 42.5 Å². The van der Waals surface area contributed by atoms with Crippen LogP contribution in [-0.2, 0) is 12.7 Å². The van der Waals surface area contributed by atoms with Gasteiger partial charge in [-0.25, -0.2) is 4.79 Å². The normalized spacial score (nSPS) is 13.1. The second-order valence-corrected chi connectivity index (χ2v) is 7.46. The molecule has 13 heteroatoms. The van der Waals surface area contributed by atoms with Crippen molar-refractivity contribution in [3.05, 3.63) is 64.3 Å². The Balaban J connectivity index is 2.03. The molecule has 0 bridgehead atoms. The lowest BCUT2D eigenvalue weighted by atomic mass is 10.0. The second-order valence-electron chi connectivity index (χ2n) is 7.05. The first-order valence-electron chi connectivity index (χ1n) is 9.50. The van der Waals surface area contributed by atoms with E-state index < -0.39 is 41.6 Å². The van der Waals surface area contributed by atoms with Crippen LogP contribution in [0.1, 0.15) is 34.6 Å². The summed E-state index contributed by atoms with van der Waals surface area (Å²) in [4.78, 5) is 23.6. The van der Waals surface area contributed by atoms with E-state index in [1.807, 2.05) is 0 Å². The van der Waals surface area contributed by atoms with Gasteiger partial charge >= 0.3 is 18.5 Å². The van der Waals surface area contributed by atoms with Gasteiger partial charge in [0.05, 0.1) is 16.1 Å². The number of hydrogen-bond acceptors (Lipinski definition) is 3. The van der Waals surface area contributed by atoms with Gasteiger partial charge in [0.15, 0.2) is 11.8 Å². The number of rotatable bonds is 5. The summed E-state index contributed by atoms with van der Waals surface area (Å²) in [7, 11) is 0. The van der Waals surface area contributed by atoms with E-state index in [4.69, 9.17) is 16.7 Å². The third kappa shape index (κ3) is 5.22. The number of nitrogens with zero attached hydrogens (tertiary/aromatic N) is 1. The molecule has 2 N–H and O–H groups in total. The number of carbonyl (C=O) groups is 2. The number of nitrogens with one attached hydrogen (secondary N) is 1. The summed E-state index contributed by atoms with van der Waals surface area (Å²) in [5.74, 6) is -1.46. The van der Waals surface area contributed by atoms with Gasteiger partial charge in [-0.15, -0.1) is 0 Å². The van der Waals surface area contributed by atoms with Crippen molar-refractivity contribution in [2.45, 2.75) is 31.9 Å². The molecule has 0 aliphatic heterocycles. The quantitative estimate of drug-likeness (QED) is 0.237. The molecule has 0 saturated carbocycles. The summed E-state index contributed by atoms with van der Waals surface area (Å²) in [5, 5.41) is 10.7. The third-order valence-electron chi connectivity index (χ3n) is 4.85. The van der Waals surface area contributed by atoms with Crippen LogP contribution in [0.4, 0.5) is 31.1 Å². The average molecular weight is 509 g/mol. The Morgan fingerprint density at radius 1 is 1.12 bits per heavy atom. The lowest BCUT2D eigenvalue weighted by Crippen LogP contribution is -2.39. The fraction of sp³-hybridized carbons (Fsp3) is 0.238. The van der Waals surface area contributed by atoms with Crippen molar-refractivity contribution in [1.82, 2.24) is 9.88 Å². The van der Waals surface area contributed by atoms with Crippen LogP contribution in [0.5, 0.6) is 5.75 Å². The molecule has 34 heavy (non-hydrogen) atoms. The van der Waals surface area contributed by atoms with E-state index in [-0.39, 0.29) is 28.4 Å². The maximum Gasteiger partial charge on any atom is 0.511 e. The predicted molar refractivity (Wildman–Crippen MR) is 109 cm³/mol. The fourth-order valence-electron chi connectivity index (χ4n) is 3.42. The highest BCUT2D eigenvalue weighted by Crippen LogP contribution is 2.37. The molecule has 3 aromatic rings. The first kappa shape index (κ1) is 25.2. The summed E-state index contributed by atoms with van der Waals surface area (Å²) in [6.07, 6.45) is -11.6. The monoisotopic (exact) mass is 508 g/mol. The van der Waals surface area contributed by atoms with Crippen LogP contribution < -0.4 is 10.1 Å². The number of halogens is 7. The van der Waals surface area contributed by atoms with Crippen molar-refractivity contribution in [1.29, 1.82) is 0 Å². The van der Waals surface area contributed by atoms with E-state index >= 15 is 0 Å². The van der Waals surface area contributed by atoms with E-state index in [2.05, 4.69) is 4.74 Å². The van der Waals surface area contributed by atoms with Crippen molar-refractivity contribution in [2.24, 2.45) is 0 Å². The molecular formula is C21H15ClF6N2O4. The smallest absolute Gasteiger partial charge is 0.449 e. The van der Waals surface area contributed by atoms with E-state index in [9.17, 15) is 35.9 Å². The van der Waals surface area contributed by atoms with E-state index in [1.54, 1.807) is 12.2 Å². The molecule has 0 aliphatic rings. The minimum Gasteiger partial charge on any atom is -0.449 e. The molecule has 0 radical (unpaired) electrons. The standard InChI is InChI=1S/C21H15ClF6N2O4/c1-2-30-14-9-13(22)16(34-19(32)33)8-11(14)7-15(30)18(31)29-17(21(26,27)28)10-4-3-5-12(6-10)20(23,24)25/h3-9,17H,2H2,1H3,(H,29,31)(H,32,33). The van der Waals surface area contributed by atoms with Gasteiger partial charge in [0.1, 0.15) is 5.69 Å². The summed E-state index contributed by atoms with van der Waals surface area (Å²) in [5.41, 5.74) is -2.04. The molecule has 1 atom stereocenters. The minimum atomic E-state index is -5.10. The van der Waals surface area contributed by atoms with E-state index in [1.165, 1.54) is 22.8 Å². The molecule has 0 aliphatic carbocycles. The van der Waals surface area contributed by atoms with E-state index in [0.29, 0.717) is 17.6 Å². The number of aryl methyl sites for hydroxylation is 1. The number of ether oxygens (including phenoxy) is 1. The van der Waals surface area contributed by atoms with E-state index in [0.717, 1.165) is 12.1 Å². The van der Waals surface area contributed by atoms with Crippen molar-refractivity contribution >= 4 is 34.6 Å². The van der Waals surface area contributed by atoms with Crippen molar-refractivity contribution < 1.29 is 45.8 Å².